The Kier molecular flexibility index (Phi) is 6.60. The van der Waals surface area contributed by atoms with Gasteiger partial charge in [0.05, 0.1) is 47.6 Å². The third-order valence-electron chi connectivity index (χ3n) is 5.72. The zero-order valence-electron chi connectivity index (χ0n) is 17.8. The van der Waals surface area contributed by atoms with E-state index in [1.54, 1.807) is 14.0 Å². The van der Waals surface area contributed by atoms with Gasteiger partial charge in [-0.05, 0) is 56.2 Å². The number of halogens is 2. The third-order valence-corrected chi connectivity index (χ3v) is 7.08. The van der Waals surface area contributed by atoms with E-state index in [0.717, 1.165) is 28.4 Å². The number of nitrogens with zero attached hydrogens (tertiary/aromatic N) is 2. The first-order chi connectivity index (χ1) is 15.4. The van der Waals surface area contributed by atoms with E-state index in [-0.39, 0.29) is 12.4 Å². The molecule has 0 spiro atoms. The molecule has 1 aliphatic carbocycles. The first-order valence-corrected chi connectivity index (χ1v) is 11.6. The maximum absolute atomic E-state index is 12.2. The van der Waals surface area contributed by atoms with Gasteiger partial charge in [0, 0.05) is 16.1 Å². The highest BCUT2D eigenvalue weighted by molar-refractivity contribution is 9.10. The monoisotopic (exact) mass is 518 g/mol. The lowest BCUT2D eigenvalue weighted by atomic mass is 9.80. The number of rotatable bonds is 6. The molecule has 0 saturated carbocycles. The first kappa shape index (κ1) is 22.8. The SMILES string of the molecule is CCOC(=O)CC1(Br)CCc2nn(-c3ccc(OC)cc3)c(-c3ccc(Cl)cc3)c2C1O. The van der Waals surface area contributed by atoms with E-state index >= 15 is 0 Å². The fraction of sp³-hybridized carbons (Fsp3) is 0.333. The van der Waals surface area contributed by atoms with Crippen molar-refractivity contribution >= 4 is 33.5 Å². The van der Waals surface area contributed by atoms with E-state index in [0.29, 0.717) is 30.0 Å². The molecule has 3 aromatic rings. The Morgan fingerprint density at radius 3 is 2.56 bits per heavy atom. The quantitative estimate of drug-likeness (QED) is 0.355. The first-order valence-electron chi connectivity index (χ1n) is 10.4. The van der Waals surface area contributed by atoms with Gasteiger partial charge < -0.3 is 14.6 Å². The van der Waals surface area contributed by atoms with Gasteiger partial charge in [-0.15, -0.1) is 0 Å². The van der Waals surface area contributed by atoms with Crippen LogP contribution in [0.5, 0.6) is 5.75 Å². The molecule has 4 rings (SSSR count). The van der Waals surface area contributed by atoms with Gasteiger partial charge >= 0.3 is 5.97 Å². The molecule has 1 aromatic heterocycles. The number of aromatic nitrogens is 2. The lowest BCUT2D eigenvalue weighted by Crippen LogP contribution is -2.37. The van der Waals surface area contributed by atoms with Gasteiger partial charge in [0.15, 0.2) is 0 Å². The van der Waals surface area contributed by atoms with Crippen molar-refractivity contribution in [3.8, 4) is 22.7 Å². The van der Waals surface area contributed by atoms with Crippen molar-refractivity contribution in [1.29, 1.82) is 0 Å². The Balaban J connectivity index is 1.85. The van der Waals surface area contributed by atoms with E-state index in [9.17, 15) is 9.90 Å². The Labute approximate surface area is 200 Å². The van der Waals surface area contributed by atoms with Crippen molar-refractivity contribution in [1.82, 2.24) is 9.78 Å². The van der Waals surface area contributed by atoms with Crippen LogP contribution in [0.1, 0.15) is 37.1 Å². The molecule has 0 radical (unpaired) electrons. The molecule has 0 saturated heterocycles. The molecule has 8 heteroatoms. The van der Waals surface area contributed by atoms with E-state index in [1.807, 2.05) is 53.2 Å². The molecule has 0 fully saturated rings. The number of fused-ring (bicyclic) bond motifs is 1. The van der Waals surface area contributed by atoms with E-state index in [4.69, 9.17) is 26.2 Å². The summed E-state index contributed by atoms with van der Waals surface area (Å²) in [6.45, 7) is 2.07. The number of methoxy groups -OCH3 is 1. The van der Waals surface area contributed by atoms with Crippen LogP contribution in [0.3, 0.4) is 0 Å². The second-order valence-corrected chi connectivity index (χ2v) is 9.76. The van der Waals surface area contributed by atoms with Crippen molar-refractivity contribution < 1.29 is 19.4 Å². The number of aliphatic hydroxyl groups is 1. The van der Waals surface area contributed by atoms with Crippen LogP contribution in [0.25, 0.3) is 16.9 Å². The summed E-state index contributed by atoms with van der Waals surface area (Å²) in [6.07, 6.45) is 0.281. The number of aryl methyl sites for hydroxylation is 1. The highest BCUT2D eigenvalue weighted by Crippen LogP contribution is 2.49. The fourth-order valence-corrected chi connectivity index (χ4v) is 4.88. The minimum absolute atomic E-state index is 0.0647. The molecule has 1 heterocycles. The number of hydrogen-bond acceptors (Lipinski definition) is 5. The van der Waals surface area contributed by atoms with E-state index in [2.05, 4.69) is 15.9 Å². The minimum atomic E-state index is -0.951. The smallest absolute Gasteiger partial charge is 0.307 e. The number of esters is 1. The van der Waals surface area contributed by atoms with Gasteiger partial charge in [0.25, 0.3) is 0 Å². The lowest BCUT2D eigenvalue weighted by molar-refractivity contribution is -0.144. The Morgan fingerprint density at radius 1 is 1.25 bits per heavy atom. The summed E-state index contributed by atoms with van der Waals surface area (Å²) in [5.74, 6) is 0.398. The van der Waals surface area contributed by atoms with E-state index < -0.39 is 10.4 Å². The molecular weight excluding hydrogens is 496 g/mol. The Bertz CT molecular complexity index is 1110. The lowest BCUT2D eigenvalue weighted by Gasteiger charge is -2.35. The van der Waals surface area contributed by atoms with Gasteiger partial charge in [-0.2, -0.15) is 5.10 Å². The van der Waals surface area contributed by atoms with E-state index in [1.165, 1.54) is 0 Å². The number of alkyl halides is 1. The molecule has 0 amide bonds. The van der Waals surface area contributed by atoms with Crippen LogP contribution in [0, 0.1) is 0 Å². The molecule has 6 nitrogen and oxygen atoms in total. The van der Waals surface area contributed by atoms with Crippen LogP contribution in [-0.2, 0) is 16.0 Å². The Morgan fingerprint density at radius 2 is 1.94 bits per heavy atom. The number of carbonyl (C=O) groups excluding carboxylic acids is 1. The van der Waals surface area contributed by atoms with Crippen molar-refractivity contribution in [2.75, 3.05) is 13.7 Å². The topological polar surface area (TPSA) is 73.6 Å². The van der Waals surface area contributed by atoms with Crippen molar-refractivity contribution in [2.24, 2.45) is 0 Å². The van der Waals surface area contributed by atoms with Crippen molar-refractivity contribution in [2.45, 2.75) is 36.6 Å². The molecule has 2 aromatic carbocycles. The molecule has 32 heavy (non-hydrogen) atoms. The van der Waals surface area contributed by atoms with Crippen LogP contribution in [0.15, 0.2) is 48.5 Å². The summed E-state index contributed by atoms with van der Waals surface area (Å²) in [5, 5.41) is 17.0. The molecule has 1 N–H and O–H groups in total. The summed E-state index contributed by atoms with van der Waals surface area (Å²) in [4.78, 5) is 12.2. The summed E-state index contributed by atoms with van der Waals surface area (Å²) >= 11 is 9.80. The molecule has 2 atom stereocenters. The highest BCUT2D eigenvalue weighted by Gasteiger charge is 2.45. The standard InChI is InChI=1S/C24H24BrClN2O4/c1-3-32-20(29)14-24(25)13-12-19-21(23(24)30)22(15-4-6-16(26)7-5-15)28(27-19)17-8-10-18(31-2)11-9-17/h4-11,23,30H,3,12-14H2,1-2H3. The summed E-state index contributed by atoms with van der Waals surface area (Å²) in [5.41, 5.74) is 3.98. The molecular formula is C24H24BrClN2O4. The number of carbonyl (C=O) groups is 1. The van der Waals surface area contributed by atoms with Gasteiger partial charge in [-0.1, -0.05) is 39.7 Å². The summed E-state index contributed by atoms with van der Waals surface area (Å²) in [6, 6.07) is 15.0. The zero-order valence-corrected chi connectivity index (χ0v) is 20.2. The fourth-order valence-electron chi connectivity index (χ4n) is 4.10. The number of ether oxygens (including phenoxy) is 2. The van der Waals surface area contributed by atoms with Gasteiger partial charge in [-0.3, -0.25) is 4.79 Å². The summed E-state index contributed by atoms with van der Waals surface area (Å²) in [7, 11) is 1.62. The minimum Gasteiger partial charge on any atom is -0.497 e. The van der Waals surface area contributed by atoms with Crippen LogP contribution >= 0.6 is 27.5 Å². The summed E-state index contributed by atoms with van der Waals surface area (Å²) < 4.78 is 11.4. The van der Waals surface area contributed by atoms with Crippen molar-refractivity contribution in [3.63, 3.8) is 0 Å². The normalized spacial score (nSPS) is 20.0. The second-order valence-electron chi connectivity index (χ2n) is 7.74. The van der Waals surface area contributed by atoms with Crippen LogP contribution in [0.4, 0.5) is 0 Å². The zero-order chi connectivity index (χ0) is 22.9. The molecule has 168 valence electrons. The van der Waals surface area contributed by atoms with Gasteiger partial charge in [0.2, 0.25) is 0 Å². The maximum Gasteiger partial charge on any atom is 0.307 e. The second kappa shape index (κ2) is 9.25. The molecule has 0 bridgehead atoms. The molecule has 1 aliphatic rings. The van der Waals surface area contributed by atoms with Crippen LogP contribution in [-0.4, -0.2) is 38.9 Å². The number of aliphatic hydroxyl groups excluding tert-OH is 1. The third kappa shape index (κ3) is 4.29. The average Bonchev–Trinajstić information content (AvgIpc) is 3.17. The predicted octanol–water partition coefficient (Wildman–Crippen LogP) is 5.27. The number of hydrogen-bond donors (Lipinski definition) is 1. The Hall–Kier alpha value is -2.35. The maximum atomic E-state index is 12.2. The van der Waals surface area contributed by atoms with Gasteiger partial charge in [0.1, 0.15) is 5.75 Å². The number of benzene rings is 2. The largest absolute Gasteiger partial charge is 0.497 e. The van der Waals surface area contributed by atoms with Crippen LogP contribution in [0.2, 0.25) is 5.02 Å². The molecule has 2 unspecified atom stereocenters. The van der Waals surface area contributed by atoms with Crippen molar-refractivity contribution in [3.05, 3.63) is 64.8 Å². The van der Waals surface area contributed by atoms with Crippen LogP contribution < -0.4 is 4.74 Å². The predicted molar refractivity (Wildman–Crippen MR) is 127 cm³/mol. The highest BCUT2D eigenvalue weighted by atomic mass is 79.9. The molecule has 0 aliphatic heterocycles. The average molecular weight is 520 g/mol. The van der Waals surface area contributed by atoms with Gasteiger partial charge in [-0.25, -0.2) is 4.68 Å².